The average molecular weight is 505 g/mol. The van der Waals surface area contributed by atoms with Crippen LogP contribution in [0.2, 0.25) is 0 Å². The van der Waals surface area contributed by atoms with Crippen molar-refractivity contribution in [3.05, 3.63) is 66.4 Å². The van der Waals surface area contributed by atoms with E-state index in [0.29, 0.717) is 5.88 Å². The van der Waals surface area contributed by atoms with E-state index in [1.54, 1.807) is 6.20 Å². The number of hydrogen-bond donors (Lipinski definition) is 1. The van der Waals surface area contributed by atoms with Gasteiger partial charge in [-0.2, -0.15) is 0 Å². The molecule has 2 aromatic rings. The van der Waals surface area contributed by atoms with E-state index in [0.717, 1.165) is 45.1 Å². The fourth-order valence-electron chi connectivity index (χ4n) is 3.67. The minimum atomic E-state index is 0. The van der Waals surface area contributed by atoms with Crippen molar-refractivity contribution in [2.24, 2.45) is 4.99 Å². The number of anilines is 1. The topological polar surface area (TPSA) is 53.0 Å². The Kier molecular flexibility index (Phi) is 7.74. The van der Waals surface area contributed by atoms with E-state index in [2.05, 4.69) is 61.5 Å². The summed E-state index contributed by atoms with van der Waals surface area (Å²) < 4.78 is 5.99. The van der Waals surface area contributed by atoms with Crippen LogP contribution in [-0.2, 0) is 6.54 Å². The summed E-state index contributed by atoms with van der Waals surface area (Å²) in [6, 6.07) is 14.5. The van der Waals surface area contributed by atoms with Crippen molar-refractivity contribution < 1.29 is 4.74 Å². The van der Waals surface area contributed by atoms with Gasteiger partial charge in [-0.3, -0.25) is 4.99 Å². The van der Waals surface area contributed by atoms with Gasteiger partial charge in [-0.25, -0.2) is 4.98 Å². The molecule has 0 spiro atoms. The molecule has 4 rings (SSSR count). The molecular weight excluding hydrogens is 477 g/mol. The number of benzene rings is 1. The molecule has 6 nitrogen and oxygen atoms in total. The lowest BCUT2D eigenvalue weighted by Crippen LogP contribution is -2.40. The third-order valence-electron chi connectivity index (χ3n) is 5.13. The maximum absolute atomic E-state index is 5.99. The lowest BCUT2D eigenvalue weighted by Gasteiger charge is -2.22. The quantitative estimate of drug-likeness (QED) is 0.293. The van der Waals surface area contributed by atoms with Gasteiger partial charge in [-0.1, -0.05) is 30.4 Å². The molecule has 0 aliphatic carbocycles. The minimum absolute atomic E-state index is 0. The van der Waals surface area contributed by atoms with Crippen LogP contribution in [0.15, 0.2) is 65.8 Å². The Bertz CT molecular complexity index is 834. The predicted octanol–water partition coefficient (Wildman–Crippen LogP) is 3.30. The van der Waals surface area contributed by atoms with Gasteiger partial charge in [0, 0.05) is 57.6 Å². The molecule has 2 aliphatic heterocycles. The van der Waals surface area contributed by atoms with Crippen LogP contribution in [0.5, 0.6) is 5.88 Å². The van der Waals surface area contributed by atoms with Crippen molar-refractivity contribution in [2.45, 2.75) is 19.1 Å². The van der Waals surface area contributed by atoms with Crippen LogP contribution in [-0.4, -0.2) is 55.2 Å². The molecule has 3 heterocycles. The first-order valence-electron chi connectivity index (χ1n) is 9.84. The van der Waals surface area contributed by atoms with Gasteiger partial charge < -0.3 is 19.9 Å². The first kappa shape index (κ1) is 21.4. The van der Waals surface area contributed by atoms with Crippen LogP contribution in [0.3, 0.4) is 0 Å². The molecule has 1 N–H and O–H groups in total. The highest BCUT2D eigenvalue weighted by atomic mass is 127. The zero-order valence-electron chi connectivity index (χ0n) is 16.7. The Labute approximate surface area is 189 Å². The Balaban J connectivity index is 0.00000240. The van der Waals surface area contributed by atoms with Gasteiger partial charge in [-0.15, -0.1) is 24.0 Å². The second-order valence-corrected chi connectivity index (χ2v) is 7.09. The molecule has 1 aromatic carbocycles. The van der Waals surface area contributed by atoms with Gasteiger partial charge >= 0.3 is 0 Å². The summed E-state index contributed by atoms with van der Waals surface area (Å²) in [5, 5.41) is 3.50. The van der Waals surface area contributed by atoms with Crippen LogP contribution < -0.4 is 15.0 Å². The predicted molar refractivity (Wildman–Crippen MR) is 128 cm³/mol. The van der Waals surface area contributed by atoms with Crippen LogP contribution in [0, 0.1) is 0 Å². The first-order chi connectivity index (χ1) is 13.8. The monoisotopic (exact) mass is 505 g/mol. The van der Waals surface area contributed by atoms with Gasteiger partial charge in [0.1, 0.15) is 6.10 Å². The summed E-state index contributed by atoms with van der Waals surface area (Å²) in [6.07, 6.45) is 7.29. The summed E-state index contributed by atoms with van der Waals surface area (Å²) in [7, 11) is 1.83. The Morgan fingerprint density at radius 2 is 2.07 bits per heavy atom. The van der Waals surface area contributed by atoms with E-state index in [9.17, 15) is 0 Å². The van der Waals surface area contributed by atoms with Crippen molar-refractivity contribution >= 4 is 35.6 Å². The van der Waals surface area contributed by atoms with Gasteiger partial charge in [0.15, 0.2) is 5.96 Å². The second-order valence-electron chi connectivity index (χ2n) is 7.09. The summed E-state index contributed by atoms with van der Waals surface area (Å²) in [4.78, 5) is 13.3. The van der Waals surface area contributed by atoms with Crippen molar-refractivity contribution in [1.29, 1.82) is 0 Å². The number of halogens is 1. The Morgan fingerprint density at radius 1 is 1.21 bits per heavy atom. The molecule has 0 saturated carbocycles. The second kappa shape index (κ2) is 10.5. The number of likely N-dealkylation sites (tertiary alicyclic amines) is 1. The number of aromatic nitrogens is 1. The summed E-state index contributed by atoms with van der Waals surface area (Å²) in [5.74, 6) is 1.60. The lowest BCUT2D eigenvalue weighted by atomic mass is 10.2. The van der Waals surface area contributed by atoms with E-state index in [4.69, 9.17) is 4.74 Å². The highest BCUT2D eigenvalue weighted by Crippen LogP contribution is 2.19. The molecule has 1 fully saturated rings. The van der Waals surface area contributed by atoms with E-state index in [1.807, 2.05) is 25.2 Å². The van der Waals surface area contributed by atoms with E-state index < -0.39 is 0 Å². The molecule has 1 saturated heterocycles. The maximum atomic E-state index is 5.99. The third kappa shape index (κ3) is 5.62. The number of guanidine groups is 1. The normalized spacial score (nSPS) is 18.7. The standard InChI is InChI=1S/C22H27N5O.HI/c1-23-22(27-14-10-20(17-27)28-21-9-2-3-11-24-21)25-16-18-7-6-8-19(15-18)26-12-4-5-13-26;/h2-9,11,15,20H,10,12-14,16-17H2,1H3,(H,23,25);1H. The van der Waals surface area contributed by atoms with Gasteiger partial charge in [0.25, 0.3) is 0 Å². The zero-order valence-corrected chi connectivity index (χ0v) is 19.0. The molecule has 154 valence electrons. The van der Waals surface area contributed by atoms with E-state index in [1.165, 1.54) is 11.3 Å². The molecule has 1 unspecified atom stereocenters. The number of nitrogens with one attached hydrogen (secondary N) is 1. The number of ether oxygens (including phenoxy) is 1. The number of pyridine rings is 1. The van der Waals surface area contributed by atoms with Crippen molar-refractivity contribution in [3.8, 4) is 5.88 Å². The number of aliphatic imine (C=N–C) groups is 1. The number of rotatable bonds is 5. The molecule has 7 heteroatoms. The summed E-state index contributed by atoms with van der Waals surface area (Å²) in [6.45, 7) is 4.48. The molecule has 1 aromatic heterocycles. The highest BCUT2D eigenvalue weighted by Gasteiger charge is 2.26. The van der Waals surface area contributed by atoms with E-state index >= 15 is 0 Å². The van der Waals surface area contributed by atoms with Crippen molar-refractivity contribution in [1.82, 2.24) is 15.2 Å². The fraction of sp³-hybridized carbons (Fsp3) is 0.364. The zero-order chi connectivity index (χ0) is 19.2. The van der Waals surface area contributed by atoms with Crippen LogP contribution in [0.25, 0.3) is 0 Å². The number of hydrogen-bond acceptors (Lipinski definition) is 4. The van der Waals surface area contributed by atoms with E-state index in [-0.39, 0.29) is 30.1 Å². The molecule has 0 amide bonds. The molecule has 1 atom stereocenters. The molecule has 29 heavy (non-hydrogen) atoms. The molecule has 0 bridgehead atoms. The van der Waals surface area contributed by atoms with Crippen molar-refractivity contribution in [3.63, 3.8) is 0 Å². The molecule has 0 radical (unpaired) electrons. The van der Waals surface area contributed by atoms with Gasteiger partial charge in [0.05, 0.1) is 6.54 Å². The third-order valence-corrected chi connectivity index (χ3v) is 5.13. The average Bonchev–Trinajstić information content (AvgIpc) is 3.42. The van der Waals surface area contributed by atoms with Gasteiger partial charge in [-0.05, 0) is 23.8 Å². The molecule has 2 aliphatic rings. The Morgan fingerprint density at radius 3 is 2.83 bits per heavy atom. The van der Waals surface area contributed by atoms with Crippen LogP contribution in [0.4, 0.5) is 5.69 Å². The SMILES string of the molecule is CN=C(NCc1cccc(N2CC=CC2)c1)N1CCC(Oc2ccccn2)C1.I. The lowest BCUT2D eigenvalue weighted by molar-refractivity contribution is 0.205. The van der Waals surface area contributed by atoms with Crippen LogP contribution in [0.1, 0.15) is 12.0 Å². The summed E-state index contributed by atoms with van der Waals surface area (Å²) in [5.41, 5.74) is 2.52. The van der Waals surface area contributed by atoms with Crippen molar-refractivity contribution in [2.75, 3.05) is 38.1 Å². The van der Waals surface area contributed by atoms with Gasteiger partial charge in [0.2, 0.25) is 5.88 Å². The highest BCUT2D eigenvalue weighted by molar-refractivity contribution is 14.0. The largest absolute Gasteiger partial charge is 0.472 e. The fourth-order valence-corrected chi connectivity index (χ4v) is 3.67. The van der Waals surface area contributed by atoms with Crippen LogP contribution >= 0.6 is 24.0 Å². The first-order valence-corrected chi connectivity index (χ1v) is 9.84. The summed E-state index contributed by atoms with van der Waals surface area (Å²) >= 11 is 0. The number of nitrogens with zero attached hydrogens (tertiary/aromatic N) is 4. The smallest absolute Gasteiger partial charge is 0.213 e. The minimum Gasteiger partial charge on any atom is -0.472 e. The molecular formula is C22H28IN5O. The Hall–Kier alpha value is -2.29. The maximum Gasteiger partial charge on any atom is 0.213 e.